The molecule has 20 heavy (non-hydrogen) atoms. The van der Waals surface area contributed by atoms with Crippen LogP contribution in [0.1, 0.15) is 18.6 Å². The number of ether oxygens (including phenoxy) is 2. The maximum Gasteiger partial charge on any atom is 0.340 e. The average Bonchev–Trinajstić information content (AvgIpc) is 2.93. The zero-order chi connectivity index (χ0) is 14.4. The summed E-state index contributed by atoms with van der Waals surface area (Å²) in [6, 6.07) is 9.25. The summed E-state index contributed by atoms with van der Waals surface area (Å²) in [7, 11) is 1.49. The van der Waals surface area contributed by atoms with E-state index in [2.05, 4.69) is 10.1 Å². The molecule has 0 spiro atoms. The van der Waals surface area contributed by atoms with E-state index in [1.54, 1.807) is 17.9 Å². The number of hydrogen-bond donors (Lipinski definition) is 0. The molecule has 0 aliphatic heterocycles. The van der Waals surface area contributed by atoms with Crippen LogP contribution in [0.5, 0.6) is 0 Å². The van der Waals surface area contributed by atoms with Gasteiger partial charge in [-0.05, 0) is 12.5 Å². The number of carbonyl (C=O) groups excluding carboxylic acids is 1. The van der Waals surface area contributed by atoms with E-state index in [9.17, 15) is 4.79 Å². The number of esters is 1. The van der Waals surface area contributed by atoms with Crippen molar-refractivity contribution in [2.45, 2.75) is 25.7 Å². The van der Waals surface area contributed by atoms with Crippen LogP contribution in [-0.4, -0.2) is 33.9 Å². The number of benzene rings is 1. The summed E-state index contributed by atoms with van der Waals surface area (Å²) in [5.74, 6) is -0.411. The molecule has 2 rings (SSSR count). The quantitative estimate of drug-likeness (QED) is 0.749. The van der Waals surface area contributed by atoms with Crippen molar-refractivity contribution in [3.05, 3.63) is 48.5 Å². The third kappa shape index (κ3) is 3.64. The van der Waals surface area contributed by atoms with Gasteiger partial charge >= 0.3 is 5.97 Å². The lowest BCUT2D eigenvalue weighted by molar-refractivity contribution is -0.161. The fraction of sp³-hybridized carbons (Fsp3) is 0.357. The van der Waals surface area contributed by atoms with Crippen molar-refractivity contribution in [3.63, 3.8) is 0 Å². The Balaban J connectivity index is 1.95. The van der Waals surface area contributed by atoms with E-state index in [4.69, 9.17) is 9.47 Å². The molecule has 0 unspecified atom stereocenters. The second kappa shape index (κ2) is 6.81. The Morgan fingerprint density at radius 3 is 2.70 bits per heavy atom. The molecule has 0 amide bonds. The van der Waals surface area contributed by atoms with E-state index in [-0.39, 0.29) is 6.10 Å². The number of rotatable bonds is 6. The average molecular weight is 275 g/mol. The van der Waals surface area contributed by atoms with Crippen LogP contribution in [0.4, 0.5) is 0 Å². The fourth-order valence-electron chi connectivity index (χ4n) is 1.88. The largest absolute Gasteiger partial charge is 0.459 e. The monoisotopic (exact) mass is 275 g/mol. The third-order valence-corrected chi connectivity index (χ3v) is 2.78. The first kappa shape index (κ1) is 14.2. The highest BCUT2D eigenvalue weighted by Gasteiger charge is 2.23. The van der Waals surface area contributed by atoms with Gasteiger partial charge in [0.15, 0.2) is 6.10 Å². The lowest BCUT2D eigenvalue weighted by Gasteiger charge is -2.18. The molecular formula is C14H17N3O3. The van der Waals surface area contributed by atoms with Crippen LogP contribution in [-0.2, 0) is 20.8 Å². The number of carbonyl (C=O) groups is 1. The van der Waals surface area contributed by atoms with Gasteiger partial charge in [0.25, 0.3) is 0 Å². The second-order valence-electron chi connectivity index (χ2n) is 4.39. The van der Waals surface area contributed by atoms with Crippen molar-refractivity contribution in [1.82, 2.24) is 14.8 Å². The number of methoxy groups -OCH3 is 1. The molecule has 2 aromatic rings. The van der Waals surface area contributed by atoms with Crippen molar-refractivity contribution < 1.29 is 14.3 Å². The van der Waals surface area contributed by atoms with Crippen molar-refractivity contribution in [1.29, 1.82) is 0 Å². The Kier molecular flexibility index (Phi) is 4.84. The van der Waals surface area contributed by atoms with E-state index in [1.807, 2.05) is 30.3 Å². The van der Waals surface area contributed by atoms with Crippen molar-refractivity contribution >= 4 is 5.97 Å². The normalized spacial score (nSPS) is 13.7. The predicted molar refractivity (Wildman–Crippen MR) is 71.8 cm³/mol. The molecule has 0 saturated heterocycles. The van der Waals surface area contributed by atoms with Crippen molar-refractivity contribution in [2.24, 2.45) is 0 Å². The van der Waals surface area contributed by atoms with Gasteiger partial charge in [0, 0.05) is 7.11 Å². The number of hydrogen-bond acceptors (Lipinski definition) is 5. The Hall–Kier alpha value is -2.21. The minimum Gasteiger partial charge on any atom is -0.459 e. The van der Waals surface area contributed by atoms with Crippen molar-refractivity contribution in [2.75, 3.05) is 7.11 Å². The maximum atomic E-state index is 12.1. The molecule has 0 aliphatic rings. The summed E-state index contributed by atoms with van der Waals surface area (Å²) < 4.78 is 12.2. The molecule has 0 N–H and O–H groups in total. The molecule has 0 saturated carbocycles. The molecule has 106 valence electrons. The lowest BCUT2D eigenvalue weighted by atomic mass is 10.1. The van der Waals surface area contributed by atoms with Crippen LogP contribution in [0.25, 0.3) is 0 Å². The molecule has 0 bridgehead atoms. The van der Waals surface area contributed by atoms with Crippen LogP contribution >= 0.6 is 0 Å². The molecular weight excluding hydrogens is 258 g/mol. The summed E-state index contributed by atoms with van der Waals surface area (Å²) in [6.07, 6.45) is 1.99. The molecule has 1 aromatic heterocycles. The molecule has 1 aromatic carbocycles. The Morgan fingerprint density at radius 1 is 1.35 bits per heavy atom. The van der Waals surface area contributed by atoms with Gasteiger partial charge in [-0.25, -0.2) is 14.5 Å². The molecule has 0 fully saturated rings. The van der Waals surface area contributed by atoms with E-state index in [1.165, 1.54) is 13.4 Å². The van der Waals surface area contributed by atoms with Crippen LogP contribution < -0.4 is 0 Å². The van der Waals surface area contributed by atoms with Crippen LogP contribution in [0.2, 0.25) is 0 Å². The Morgan fingerprint density at radius 2 is 2.10 bits per heavy atom. The van der Waals surface area contributed by atoms with Gasteiger partial charge in [0.05, 0.1) is 6.54 Å². The Bertz CT molecular complexity index is 528. The van der Waals surface area contributed by atoms with Crippen molar-refractivity contribution in [3.8, 4) is 0 Å². The standard InChI is InChI=1S/C14H17N3O3/c1-11(8-17-10-15-9-16-17)20-14(18)13(19-2)12-6-4-3-5-7-12/h3-7,9-11,13H,8H2,1-2H3/t11-,13+/m1/s1. The lowest BCUT2D eigenvalue weighted by Crippen LogP contribution is -2.25. The summed E-state index contributed by atoms with van der Waals surface area (Å²) in [6.45, 7) is 2.26. The fourth-order valence-corrected chi connectivity index (χ4v) is 1.88. The summed E-state index contributed by atoms with van der Waals surface area (Å²) in [5, 5.41) is 3.97. The van der Waals surface area contributed by atoms with Crippen LogP contribution in [0, 0.1) is 0 Å². The molecule has 6 nitrogen and oxygen atoms in total. The molecule has 0 radical (unpaired) electrons. The SMILES string of the molecule is CO[C@H](C(=O)O[C@H](C)Cn1cncn1)c1ccccc1. The topological polar surface area (TPSA) is 66.2 Å². The van der Waals surface area contributed by atoms with Gasteiger partial charge < -0.3 is 9.47 Å². The van der Waals surface area contributed by atoms with E-state index in [0.29, 0.717) is 6.54 Å². The highest BCUT2D eigenvalue weighted by molar-refractivity contribution is 5.76. The molecule has 0 aliphatic carbocycles. The van der Waals surface area contributed by atoms with Crippen LogP contribution in [0.15, 0.2) is 43.0 Å². The first-order valence-electron chi connectivity index (χ1n) is 6.31. The highest BCUT2D eigenvalue weighted by Crippen LogP contribution is 2.18. The summed E-state index contributed by atoms with van der Waals surface area (Å²) >= 11 is 0. The van der Waals surface area contributed by atoms with E-state index < -0.39 is 12.1 Å². The van der Waals surface area contributed by atoms with Gasteiger partial charge in [-0.2, -0.15) is 5.10 Å². The smallest absolute Gasteiger partial charge is 0.340 e. The first-order chi connectivity index (χ1) is 9.70. The highest BCUT2D eigenvalue weighted by atomic mass is 16.6. The number of aromatic nitrogens is 3. The molecule has 6 heteroatoms. The van der Waals surface area contributed by atoms with Gasteiger partial charge in [-0.1, -0.05) is 30.3 Å². The minimum atomic E-state index is -0.714. The van der Waals surface area contributed by atoms with Gasteiger partial charge in [-0.15, -0.1) is 0 Å². The van der Waals surface area contributed by atoms with Gasteiger partial charge in [0.2, 0.25) is 0 Å². The molecule has 2 atom stereocenters. The predicted octanol–water partition coefficient (Wildman–Crippen LogP) is 1.60. The Labute approximate surface area is 117 Å². The zero-order valence-electron chi connectivity index (χ0n) is 11.5. The third-order valence-electron chi connectivity index (χ3n) is 2.78. The molecule has 1 heterocycles. The van der Waals surface area contributed by atoms with E-state index >= 15 is 0 Å². The van der Waals surface area contributed by atoms with Gasteiger partial charge in [-0.3, -0.25) is 0 Å². The first-order valence-corrected chi connectivity index (χ1v) is 6.31. The maximum absolute atomic E-state index is 12.1. The van der Waals surface area contributed by atoms with Crippen LogP contribution in [0.3, 0.4) is 0 Å². The van der Waals surface area contributed by atoms with E-state index in [0.717, 1.165) is 5.56 Å². The number of nitrogens with zero attached hydrogens (tertiary/aromatic N) is 3. The minimum absolute atomic E-state index is 0.314. The second-order valence-corrected chi connectivity index (χ2v) is 4.39. The summed E-state index contributed by atoms with van der Waals surface area (Å²) in [5.41, 5.74) is 0.771. The zero-order valence-corrected chi connectivity index (χ0v) is 11.5. The van der Waals surface area contributed by atoms with Gasteiger partial charge in [0.1, 0.15) is 18.8 Å². The summed E-state index contributed by atoms with van der Waals surface area (Å²) in [4.78, 5) is 16.0.